The average molecular weight is 263 g/mol. The molecule has 0 aliphatic rings. The molecule has 0 bridgehead atoms. The van der Waals surface area contributed by atoms with Crippen molar-refractivity contribution in [2.24, 2.45) is 0 Å². The zero-order valence-corrected chi connectivity index (χ0v) is 10.8. The first-order valence-electron chi connectivity index (χ1n) is 6.37. The van der Waals surface area contributed by atoms with Crippen molar-refractivity contribution in [2.75, 3.05) is 0 Å². The highest BCUT2D eigenvalue weighted by molar-refractivity contribution is 5.50. The van der Waals surface area contributed by atoms with Gasteiger partial charge >= 0.3 is 0 Å². The van der Waals surface area contributed by atoms with E-state index in [-0.39, 0.29) is 25.7 Å². The molecule has 2 unspecified atom stereocenters. The van der Waals surface area contributed by atoms with Crippen LogP contribution in [-0.4, -0.2) is 28.9 Å². The zero-order valence-electron chi connectivity index (χ0n) is 10.8. The minimum atomic E-state index is -1.26. The SMILES string of the molecule is O=[C]CCC(O)(CC(O)CCC=O)c1ccccc1. The highest BCUT2D eigenvalue weighted by atomic mass is 16.3. The molecule has 0 spiro atoms. The first kappa shape index (κ1) is 15.5. The Morgan fingerprint density at radius 2 is 2.00 bits per heavy atom. The van der Waals surface area contributed by atoms with Crippen molar-refractivity contribution >= 4 is 12.6 Å². The summed E-state index contributed by atoms with van der Waals surface area (Å²) < 4.78 is 0. The molecule has 2 N–H and O–H groups in total. The largest absolute Gasteiger partial charge is 0.393 e. The standard InChI is InChI=1S/C15H19O4/c16-10-4-8-14(18)12-15(19,9-5-11-17)13-6-2-1-3-7-13/h1-3,6-7,10,14,18-19H,4-5,8-9,12H2. The second-order valence-corrected chi connectivity index (χ2v) is 4.64. The fourth-order valence-corrected chi connectivity index (χ4v) is 2.12. The lowest BCUT2D eigenvalue weighted by Crippen LogP contribution is -2.31. The van der Waals surface area contributed by atoms with Crippen LogP contribution in [0.5, 0.6) is 0 Å². The van der Waals surface area contributed by atoms with E-state index in [1.165, 1.54) is 0 Å². The third-order valence-electron chi connectivity index (χ3n) is 3.14. The van der Waals surface area contributed by atoms with E-state index in [1.54, 1.807) is 30.6 Å². The molecule has 0 fully saturated rings. The van der Waals surface area contributed by atoms with Crippen LogP contribution in [0, 0.1) is 0 Å². The van der Waals surface area contributed by atoms with E-state index in [2.05, 4.69) is 0 Å². The number of rotatable bonds is 9. The van der Waals surface area contributed by atoms with Crippen LogP contribution in [0.3, 0.4) is 0 Å². The van der Waals surface area contributed by atoms with Crippen LogP contribution in [0.1, 0.15) is 37.7 Å². The second-order valence-electron chi connectivity index (χ2n) is 4.64. The molecule has 2 atom stereocenters. The summed E-state index contributed by atoms with van der Waals surface area (Å²) in [5.74, 6) is 0. The number of hydrogen-bond donors (Lipinski definition) is 2. The summed E-state index contributed by atoms with van der Waals surface area (Å²) in [5.41, 5.74) is -0.601. The van der Waals surface area contributed by atoms with Crippen molar-refractivity contribution in [1.29, 1.82) is 0 Å². The molecule has 0 aliphatic carbocycles. The van der Waals surface area contributed by atoms with Gasteiger partial charge in [0.05, 0.1) is 11.7 Å². The van der Waals surface area contributed by atoms with Gasteiger partial charge in [0.25, 0.3) is 0 Å². The summed E-state index contributed by atoms with van der Waals surface area (Å²) in [7, 11) is 0. The number of carbonyl (C=O) groups is 1. The summed E-state index contributed by atoms with van der Waals surface area (Å²) in [4.78, 5) is 20.7. The maximum absolute atomic E-state index is 10.7. The molecule has 1 radical (unpaired) electrons. The molecule has 0 heterocycles. The molecule has 0 saturated carbocycles. The second kappa shape index (κ2) is 7.81. The Labute approximate surface area is 113 Å². The molecule has 1 aromatic rings. The van der Waals surface area contributed by atoms with Crippen molar-refractivity contribution in [1.82, 2.24) is 0 Å². The molecule has 0 aliphatic heterocycles. The molecular formula is C15H19O4. The zero-order chi connectivity index (χ0) is 14.1. The van der Waals surface area contributed by atoms with E-state index in [0.29, 0.717) is 12.0 Å². The third-order valence-corrected chi connectivity index (χ3v) is 3.14. The molecule has 1 rings (SSSR count). The van der Waals surface area contributed by atoms with Crippen LogP contribution in [0.4, 0.5) is 0 Å². The van der Waals surface area contributed by atoms with Gasteiger partial charge in [-0.05, 0) is 18.4 Å². The van der Waals surface area contributed by atoms with E-state index in [9.17, 15) is 19.8 Å². The predicted octanol–water partition coefficient (Wildman–Crippen LogP) is 1.49. The molecule has 0 saturated heterocycles. The topological polar surface area (TPSA) is 74.6 Å². The smallest absolute Gasteiger partial charge is 0.198 e. The molecule has 0 amide bonds. The molecule has 4 nitrogen and oxygen atoms in total. The molecule has 0 aromatic heterocycles. The Bertz CT molecular complexity index is 390. The Morgan fingerprint density at radius 1 is 1.32 bits per heavy atom. The number of benzene rings is 1. The summed E-state index contributed by atoms with van der Waals surface area (Å²) in [6.07, 6.45) is 2.70. The van der Waals surface area contributed by atoms with Gasteiger partial charge < -0.3 is 15.0 Å². The Hall–Kier alpha value is -1.52. The van der Waals surface area contributed by atoms with Gasteiger partial charge in [0.2, 0.25) is 0 Å². The highest BCUT2D eigenvalue weighted by Gasteiger charge is 2.31. The van der Waals surface area contributed by atoms with Crippen LogP contribution in [-0.2, 0) is 15.2 Å². The van der Waals surface area contributed by atoms with Gasteiger partial charge in [-0.1, -0.05) is 30.3 Å². The normalized spacial score (nSPS) is 15.5. The van der Waals surface area contributed by atoms with Crippen molar-refractivity contribution in [3.63, 3.8) is 0 Å². The first-order valence-corrected chi connectivity index (χ1v) is 6.37. The van der Waals surface area contributed by atoms with Gasteiger partial charge in [0.15, 0.2) is 6.29 Å². The number of aliphatic hydroxyl groups is 2. The Balaban J connectivity index is 2.80. The lowest BCUT2D eigenvalue weighted by atomic mass is 9.83. The summed E-state index contributed by atoms with van der Waals surface area (Å²) in [6, 6.07) is 8.94. The number of aliphatic hydroxyl groups excluding tert-OH is 1. The minimum absolute atomic E-state index is 0.103. The predicted molar refractivity (Wildman–Crippen MR) is 71.2 cm³/mol. The van der Waals surface area contributed by atoms with E-state index in [0.717, 1.165) is 6.29 Å². The maximum Gasteiger partial charge on any atom is 0.198 e. The molecule has 1 aromatic carbocycles. The summed E-state index contributed by atoms with van der Waals surface area (Å²) >= 11 is 0. The molecule has 103 valence electrons. The lowest BCUT2D eigenvalue weighted by Gasteiger charge is -2.30. The van der Waals surface area contributed by atoms with Crippen LogP contribution in [0.25, 0.3) is 0 Å². The first-order chi connectivity index (χ1) is 9.12. The average Bonchev–Trinajstić information content (AvgIpc) is 2.44. The van der Waals surface area contributed by atoms with Crippen molar-refractivity contribution in [2.45, 2.75) is 43.8 Å². The van der Waals surface area contributed by atoms with Crippen LogP contribution >= 0.6 is 0 Å². The maximum atomic E-state index is 10.7. The van der Waals surface area contributed by atoms with Crippen molar-refractivity contribution < 1.29 is 19.8 Å². The lowest BCUT2D eigenvalue weighted by molar-refractivity contribution is -0.108. The third kappa shape index (κ3) is 4.93. The van der Waals surface area contributed by atoms with Crippen molar-refractivity contribution in [3.8, 4) is 0 Å². The van der Waals surface area contributed by atoms with Gasteiger partial charge in [0, 0.05) is 19.3 Å². The van der Waals surface area contributed by atoms with E-state index in [1.807, 2.05) is 6.07 Å². The molecule has 4 heteroatoms. The van der Waals surface area contributed by atoms with Crippen molar-refractivity contribution in [3.05, 3.63) is 35.9 Å². The highest BCUT2D eigenvalue weighted by Crippen LogP contribution is 2.31. The monoisotopic (exact) mass is 263 g/mol. The fraction of sp³-hybridized carbons (Fsp3) is 0.467. The Morgan fingerprint density at radius 3 is 2.58 bits per heavy atom. The van der Waals surface area contributed by atoms with Gasteiger partial charge in [0.1, 0.15) is 6.29 Å². The van der Waals surface area contributed by atoms with Gasteiger partial charge in [-0.15, -0.1) is 0 Å². The fourth-order valence-electron chi connectivity index (χ4n) is 2.12. The van der Waals surface area contributed by atoms with E-state index < -0.39 is 11.7 Å². The van der Waals surface area contributed by atoms with Crippen LogP contribution in [0.15, 0.2) is 30.3 Å². The van der Waals surface area contributed by atoms with E-state index in [4.69, 9.17) is 0 Å². The minimum Gasteiger partial charge on any atom is -0.393 e. The number of carbonyl (C=O) groups excluding carboxylic acids is 2. The summed E-state index contributed by atoms with van der Waals surface area (Å²) in [5, 5.41) is 20.5. The quantitative estimate of drug-likeness (QED) is 0.662. The van der Waals surface area contributed by atoms with Crippen LogP contribution < -0.4 is 0 Å². The van der Waals surface area contributed by atoms with Gasteiger partial charge in [-0.2, -0.15) is 0 Å². The summed E-state index contributed by atoms with van der Waals surface area (Å²) in [6.45, 7) is 0. The number of hydrogen-bond acceptors (Lipinski definition) is 4. The Kier molecular flexibility index (Phi) is 6.39. The molecular weight excluding hydrogens is 244 g/mol. The molecule has 19 heavy (non-hydrogen) atoms. The van der Waals surface area contributed by atoms with E-state index >= 15 is 0 Å². The number of aldehydes is 1. The van der Waals surface area contributed by atoms with Gasteiger partial charge in [-0.25, -0.2) is 0 Å². The van der Waals surface area contributed by atoms with Gasteiger partial charge in [-0.3, -0.25) is 4.79 Å². The van der Waals surface area contributed by atoms with Crippen LogP contribution in [0.2, 0.25) is 0 Å².